The molecule has 0 aliphatic carbocycles. The Labute approximate surface area is 194 Å². The first-order valence-corrected chi connectivity index (χ1v) is 11.1. The number of carbonyl (C=O) groups is 2. The zero-order valence-corrected chi connectivity index (χ0v) is 18.8. The number of methoxy groups -OCH3 is 1. The fourth-order valence-electron chi connectivity index (χ4n) is 3.24. The van der Waals surface area contributed by atoms with Gasteiger partial charge in [0.15, 0.2) is 23.2 Å². The maximum atomic E-state index is 12.7. The van der Waals surface area contributed by atoms with E-state index in [1.54, 1.807) is 47.4 Å². The smallest absolute Gasteiger partial charge is 0.260 e. The van der Waals surface area contributed by atoms with E-state index in [1.807, 2.05) is 5.38 Å². The number of phenolic OH excluding ortho intramolecular Hbond substituents is 1. The van der Waals surface area contributed by atoms with Gasteiger partial charge in [-0.3, -0.25) is 14.9 Å². The number of nitrogens with one attached hydrogen (secondary N) is 1. The van der Waals surface area contributed by atoms with Crippen molar-refractivity contribution in [1.29, 1.82) is 0 Å². The number of nitrogens with zero attached hydrogens (tertiary/aromatic N) is 2. The monoisotopic (exact) mass is 469 g/mol. The van der Waals surface area contributed by atoms with Gasteiger partial charge in [0.2, 0.25) is 0 Å². The summed E-state index contributed by atoms with van der Waals surface area (Å²) < 4.78 is 16.2. The van der Waals surface area contributed by atoms with Crippen molar-refractivity contribution in [2.45, 2.75) is 0 Å². The number of hydrogen-bond donors (Lipinski definition) is 2. The lowest BCUT2D eigenvalue weighted by Crippen LogP contribution is -2.43. The summed E-state index contributed by atoms with van der Waals surface area (Å²) in [5, 5.41) is 14.5. The molecular formula is C23H23N3O6S. The molecule has 2 heterocycles. The summed E-state index contributed by atoms with van der Waals surface area (Å²) in [7, 11) is 1.47. The van der Waals surface area contributed by atoms with Crippen LogP contribution in [0.25, 0.3) is 11.3 Å². The van der Waals surface area contributed by atoms with E-state index in [9.17, 15) is 14.7 Å². The Hall–Kier alpha value is -3.63. The second-order valence-electron chi connectivity index (χ2n) is 7.19. The number of aromatic hydroxyl groups is 1. The summed E-state index contributed by atoms with van der Waals surface area (Å²) in [6.07, 6.45) is 0. The third-order valence-electron chi connectivity index (χ3n) is 5.03. The van der Waals surface area contributed by atoms with Gasteiger partial charge in [0.1, 0.15) is 5.75 Å². The zero-order valence-electron chi connectivity index (χ0n) is 17.9. The average Bonchev–Trinajstić information content (AvgIpc) is 3.31. The molecule has 0 bridgehead atoms. The minimum Gasteiger partial charge on any atom is -0.508 e. The van der Waals surface area contributed by atoms with Crippen LogP contribution >= 0.6 is 11.3 Å². The van der Waals surface area contributed by atoms with Crippen LogP contribution in [0.5, 0.6) is 17.2 Å². The molecule has 10 heteroatoms. The number of thiazole rings is 1. The molecule has 1 aromatic heterocycles. The third kappa shape index (κ3) is 5.60. The summed E-state index contributed by atoms with van der Waals surface area (Å²) >= 11 is 1.30. The van der Waals surface area contributed by atoms with E-state index >= 15 is 0 Å². The van der Waals surface area contributed by atoms with Gasteiger partial charge in [-0.1, -0.05) is 0 Å². The highest BCUT2D eigenvalue weighted by Gasteiger charge is 2.19. The van der Waals surface area contributed by atoms with Crippen LogP contribution in [0.1, 0.15) is 10.4 Å². The quantitative estimate of drug-likeness (QED) is 0.547. The molecule has 2 amide bonds. The van der Waals surface area contributed by atoms with E-state index in [0.29, 0.717) is 54.2 Å². The van der Waals surface area contributed by atoms with Crippen LogP contribution in [0.4, 0.5) is 5.13 Å². The fraction of sp³-hybridized carbons (Fsp3) is 0.261. The lowest BCUT2D eigenvalue weighted by Gasteiger charge is -2.26. The molecule has 9 nitrogen and oxygen atoms in total. The van der Waals surface area contributed by atoms with Gasteiger partial charge in [-0.15, -0.1) is 11.3 Å². The molecule has 172 valence electrons. The predicted molar refractivity (Wildman–Crippen MR) is 123 cm³/mol. The largest absolute Gasteiger partial charge is 0.508 e. The lowest BCUT2D eigenvalue weighted by atomic mass is 10.2. The predicted octanol–water partition coefficient (Wildman–Crippen LogP) is 3.01. The highest BCUT2D eigenvalue weighted by molar-refractivity contribution is 7.14. The standard InChI is InChI=1S/C23H23N3O6S/c1-30-20-12-16(4-7-19(20)32-13-21(28)26-8-10-31-11-9-26)22(29)25-23-24-18(14-33-23)15-2-5-17(27)6-3-15/h2-7,12,14,27H,8-11,13H2,1H3,(H,24,25,29). The normalized spacial score (nSPS) is 13.4. The number of anilines is 1. The van der Waals surface area contributed by atoms with E-state index in [-0.39, 0.29) is 24.2 Å². The minimum absolute atomic E-state index is 0.124. The van der Waals surface area contributed by atoms with Crippen molar-refractivity contribution in [3.8, 4) is 28.5 Å². The van der Waals surface area contributed by atoms with Crippen molar-refractivity contribution in [3.05, 3.63) is 53.4 Å². The second kappa shape index (κ2) is 10.3. The number of ether oxygens (including phenoxy) is 3. The van der Waals surface area contributed by atoms with Crippen molar-refractivity contribution in [1.82, 2.24) is 9.88 Å². The van der Waals surface area contributed by atoms with E-state index in [4.69, 9.17) is 14.2 Å². The molecule has 1 saturated heterocycles. The Kier molecular flexibility index (Phi) is 7.06. The molecule has 1 fully saturated rings. The Bertz CT molecular complexity index is 1130. The van der Waals surface area contributed by atoms with Crippen LogP contribution in [0.15, 0.2) is 47.8 Å². The molecule has 3 aromatic rings. The van der Waals surface area contributed by atoms with Gasteiger partial charge < -0.3 is 24.2 Å². The Morgan fingerprint density at radius 1 is 1.15 bits per heavy atom. The maximum absolute atomic E-state index is 12.7. The topological polar surface area (TPSA) is 110 Å². The van der Waals surface area contributed by atoms with Crippen molar-refractivity contribution in [3.63, 3.8) is 0 Å². The molecule has 4 rings (SSSR count). The first-order valence-electron chi connectivity index (χ1n) is 10.3. The van der Waals surface area contributed by atoms with Gasteiger partial charge in [-0.05, 0) is 42.5 Å². The van der Waals surface area contributed by atoms with Gasteiger partial charge in [0.25, 0.3) is 11.8 Å². The van der Waals surface area contributed by atoms with Gasteiger partial charge >= 0.3 is 0 Å². The van der Waals surface area contributed by atoms with Crippen molar-refractivity contribution in [2.24, 2.45) is 0 Å². The summed E-state index contributed by atoms with van der Waals surface area (Å²) in [4.78, 5) is 31.1. The molecule has 0 atom stereocenters. The minimum atomic E-state index is -0.351. The number of carbonyl (C=O) groups excluding carboxylic acids is 2. The summed E-state index contributed by atoms with van der Waals surface area (Å²) in [5.41, 5.74) is 1.89. The second-order valence-corrected chi connectivity index (χ2v) is 8.04. The highest BCUT2D eigenvalue weighted by atomic mass is 32.1. The van der Waals surface area contributed by atoms with E-state index < -0.39 is 0 Å². The molecule has 0 radical (unpaired) electrons. The number of amides is 2. The first-order chi connectivity index (χ1) is 16.0. The molecule has 0 saturated carbocycles. The Morgan fingerprint density at radius 2 is 1.91 bits per heavy atom. The SMILES string of the molecule is COc1cc(C(=O)Nc2nc(-c3ccc(O)cc3)cs2)ccc1OCC(=O)N1CCOCC1. The number of morpholine rings is 1. The maximum Gasteiger partial charge on any atom is 0.260 e. The molecule has 0 unspecified atom stereocenters. The summed E-state index contributed by atoms with van der Waals surface area (Å²) in [5.74, 6) is 0.418. The summed E-state index contributed by atoms with van der Waals surface area (Å²) in [6, 6.07) is 11.4. The van der Waals surface area contributed by atoms with Crippen LogP contribution in [-0.4, -0.2) is 66.8 Å². The van der Waals surface area contributed by atoms with Crippen LogP contribution in [-0.2, 0) is 9.53 Å². The highest BCUT2D eigenvalue weighted by Crippen LogP contribution is 2.30. The van der Waals surface area contributed by atoms with Gasteiger partial charge in [0, 0.05) is 29.6 Å². The van der Waals surface area contributed by atoms with Crippen molar-refractivity contribution < 1.29 is 28.9 Å². The number of phenols is 1. The summed E-state index contributed by atoms with van der Waals surface area (Å²) in [6.45, 7) is 2.01. The average molecular weight is 470 g/mol. The zero-order chi connectivity index (χ0) is 23.2. The number of benzene rings is 2. The number of hydrogen-bond acceptors (Lipinski definition) is 8. The van der Waals surface area contributed by atoms with E-state index in [1.165, 1.54) is 18.4 Å². The molecule has 33 heavy (non-hydrogen) atoms. The van der Waals surface area contributed by atoms with E-state index in [2.05, 4.69) is 10.3 Å². The Morgan fingerprint density at radius 3 is 2.64 bits per heavy atom. The van der Waals surface area contributed by atoms with Crippen molar-refractivity contribution in [2.75, 3.05) is 45.3 Å². The molecule has 2 aromatic carbocycles. The molecule has 2 N–H and O–H groups in total. The number of rotatable bonds is 7. The first kappa shape index (κ1) is 22.6. The molecule has 0 spiro atoms. The van der Waals surface area contributed by atoms with Gasteiger partial charge in [-0.25, -0.2) is 4.98 Å². The van der Waals surface area contributed by atoms with Crippen LogP contribution in [0, 0.1) is 0 Å². The van der Waals surface area contributed by atoms with Gasteiger partial charge in [-0.2, -0.15) is 0 Å². The van der Waals surface area contributed by atoms with Crippen molar-refractivity contribution >= 4 is 28.3 Å². The van der Waals surface area contributed by atoms with E-state index in [0.717, 1.165) is 5.56 Å². The van der Waals surface area contributed by atoms with Crippen LogP contribution in [0.2, 0.25) is 0 Å². The van der Waals surface area contributed by atoms with Crippen LogP contribution < -0.4 is 14.8 Å². The molecular weight excluding hydrogens is 446 g/mol. The number of aromatic nitrogens is 1. The Balaban J connectivity index is 1.39. The fourth-order valence-corrected chi connectivity index (χ4v) is 3.95. The lowest BCUT2D eigenvalue weighted by molar-refractivity contribution is -0.137. The molecule has 1 aliphatic heterocycles. The van der Waals surface area contributed by atoms with Crippen LogP contribution in [0.3, 0.4) is 0 Å². The third-order valence-corrected chi connectivity index (χ3v) is 5.79. The van der Waals surface area contributed by atoms with Gasteiger partial charge in [0.05, 0.1) is 26.0 Å². The molecule has 1 aliphatic rings.